The van der Waals surface area contributed by atoms with Crippen LogP contribution >= 0.6 is 0 Å². The molecule has 0 radical (unpaired) electrons. The molecule has 24 heavy (non-hydrogen) atoms. The maximum absolute atomic E-state index is 12.1. The molecule has 6 nitrogen and oxygen atoms in total. The number of ether oxygens (including phenoxy) is 2. The molecule has 0 aromatic heterocycles. The van der Waals surface area contributed by atoms with E-state index < -0.39 is 12.0 Å². The van der Waals surface area contributed by atoms with Gasteiger partial charge < -0.3 is 19.9 Å². The van der Waals surface area contributed by atoms with Gasteiger partial charge in [-0.3, -0.25) is 9.59 Å². The lowest BCUT2D eigenvalue weighted by molar-refractivity contribution is -0.138. The van der Waals surface area contributed by atoms with Gasteiger partial charge in [0.1, 0.15) is 6.61 Å². The first-order chi connectivity index (χ1) is 11.5. The number of carbonyl (C=O) groups excluding carboxylic acids is 1. The van der Waals surface area contributed by atoms with Gasteiger partial charge in [0.2, 0.25) is 5.91 Å². The van der Waals surface area contributed by atoms with Gasteiger partial charge in [0.15, 0.2) is 0 Å². The predicted octanol–water partition coefficient (Wildman–Crippen LogP) is 2.13. The van der Waals surface area contributed by atoms with E-state index in [1.54, 1.807) is 0 Å². The first kappa shape index (κ1) is 18.4. The molecule has 0 bridgehead atoms. The minimum Gasteiger partial charge on any atom is -0.481 e. The summed E-state index contributed by atoms with van der Waals surface area (Å²) in [6.07, 6.45) is 1.43. The summed E-state index contributed by atoms with van der Waals surface area (Å²) in [5, 5.41) is 11.9. The summed E-state index contributed by atoms with van der Waals surface area (Å²) in [6, 6.07) is 5.15. The Hall–Kier alpha value is -1.92. The van der Waals surface area contributed by atoms with E-state index in [1.807, 2.05) is 32.0 Å². The molecule has 1 atom stereocenters. The summed E-state index contributed by atoms with van der Waals surface area (Å²) in [6.45, 7) is 5.19. The molecule has 0 spiro atoms. The third-order valence-corrected chi connectivity index (χ3v) is 4.27. The number of aryl methyl sites for hydroxylation is 2. The molecule has 1 aliphatic rings. The van der Waals surface area contributed by atoms with E-state index in [2.05, 4.69) is 5.32 Å². The number of hydrogen-bond acceptors (Lipinski definition) is 4. The quantitative estimate of drug-likeness (QED) is 0.797. The third-order valence-electron chi connectivity index (χ3n) is 4.27. The van der Waals surface area contributed by atoms with Crippen LogP contribution in [-0.2, 0) is 19.1 Å². The Kier molecular flexibility index (Phi) is 6.75. The van der Waals surface area contributed by atoms with Crippen molar-refractivity contribution in [1.82, 2.24) is 5.32 Å². The summed E-state index contributed by atoms with van der Waals surface area (Å²) in [5.41, 5.74) is 2.98. The minimum atomic E-state index is -0.955. The topological polar surface area (TPSA) is 84.9 Å². The molecule has 2 N–H and O–H groups in total. The Bertz CT molecular complexity index is 581. The zero-order valence-electron chi connectivity index (χ0n) is 14.2. The monoisotopic (exact) mass is 335 g/mol. The summed E-state index contributed by atoms with van der Waals surface area (Å²) >= 11 is 0. The number of rotatable bonds is 7. The van der Waals surface area contributed by atoms with E-state index in [0.717, 1.165) is 29.5 Å². The first-order valence-electron chi connectivity index (χ1n) is 8.23. The van der Waals surface area contributed by atoms with Crippen LogP contribution in [-0.4, -0.2) is 42.9 Å². The molecular weight excluding hydrogens is 310 g/mol. The summed E-state index contributed by atoms with van der Waals surface area (Å²) < 4.78 is 10.8. The molecule has 0 aliphatic carbocycles. The second-order valence-electron chi connectivity index (χ2n) is 6.18. The predicted molar refractivity (Wildman–Crippen MR) is 88.8 cm³/mol. The van der Waals surface area contributed by atoms with E-state index in [0.29, 0.717) is 13.2 Å². The SMILES string of the molecule is Cc1ccc(C(CC(=O)O)NC(=O)COC2CCOCC2)cc1C. The number of nitrogens with one attached hydrogen (secondary N) is 1. The summed E-state index contributed by atoms with van der Waals surface area (Å²) in [7, 11) is 0. The minimum absolute atomic E-state index is 0.0315. The zero-order chi connectivity index (χ0) is 17.5. The van der Waals surface area contributed by atoms with E-state index in [9.17, 15) is 9.59 Å². The van der Waals surface area contributed by atoms with Crippen molar-refractivity contribution in [2.75, 3.05) is 19.8 Å². The molecule has 0 saturated carbocycles. The highest BCUT2D eigenvalue weighted by Crippen LogP contribution is 2.20. The molecule has 1 aliphatic heterocycles. The molecule has 1 aromatic rings. The fourth-order valence-corrected chi connectivity index (χ4v) is 2.68. The summed E-state index contributed by atoms with van der Waals surface area (Å²) in [5.74, 6) is -1.25. The first-order valence-corrected chi connectivity index (χ1v) is 8.23. The standard InChI is InChI=1S/C18H25NO5/c1-12-3-4-14(9-13(12)2)16(10-18(21)22)19-17(20)11-24-15-5-7-23-8-6-15/h3-4,9,15-16H,5-8,10-11H2,1-2H3,(H,19,20)(H,21,22). The van der Waals surface area contributed by atoms with Crippen LogP contribution in [0.1, 0.15) is 42.0 Å². The maximum Gasteiger partial charge on any atom is 0.305 e. The van der Waals surface area contributed by atoms with Crippen LogP contribution in [0.15, 0.2) is 18.2 Å². The van der Waals surface area contributed by atoms with Crippen molar-refractivity contribution < 1.29 is 24.2 Å². The normalized spacial score (nSPS) is 16.6. The van der Waals surface area contributed by atoms with Crippen LogP contribution in [0.3, 0.4) is 0 Å². The van der Waals surface area contributed by atoms with Gasteiger partial charge in [-0.1, -0.05) is 18.2 Å². The second-order valence-corrected chi connectivity index (χ2v) is 6.18. The Balaban J connectivity index is 1.95. The van der Waals surface area contributed by atoms with Crippen LogP contribution in [0.2, 0.25) is 0 Å². The Morgan fingerprint density at radius 2 is 2.00 bits per heavy atom. The number of carboxylic acids is 1. The fraction of sp³-hybridized carbons (Fsp3) is 0.556. The Morgan fingerprint density at radius 1 is 1.29 bits per heavy atom. The molecule has 2 rings (SSSR count). The lowest BCUT2D eigenvalue weighted by atomic mass is 9.99. The van der Waals surface area contributed by atoms with Crippen LogP contribution in [0.5, 0.6) is 0 Å². The fourth-order valence-electron chi connectivity index (χ4n) is 2.68. The second kappa shape index (κ2) is 8.80. The van der Waals surface area contributed by atoms with Crippen LogP contribution in [0.4, 0.5) is 0 Å². The molecule has 1 saturated heterocycles. The van der Waals surface area contributed by atoms with Gasteiger partial charge >= 0.3 is 5.97 Å². The van der Waals surface area contributed by atoms with Crippen LogP contribution in [0, 0.1) is 13.8 Å². The van der Waals surface area contributed by atoms with Crippen molar-refractivity contribution in [2.45, 2.75) is 45.3 Å². The zero-order valence-corrected chi connectivity index (χ0v) is 14.2. The van der Waals surface area contributed by atoms with Crippen LogP contribution < -0.4 is 5.32 Å². The van der Waals surface area contributed by atoms with E-state index in [4.69, 9.17) is 14.6 Å². The molecule has 1 aromatic carbocycles. The highest BCUT2D eigenvalue weighted by Gasteiger charge is 2.20. The van der Waals surface area contributed by atoms with Crippen molar-refractivity contribution in [3.05, 3.63) is 34.9 Å². The molecule has 6 heteroatoms. The lowest BCUT2D eigenvalue weighted by Crippen LogP contribution is -2.35. The van der Waals surface area contributed by atoms with Crippen molar-refractivity contribution in [2.24, 2.45) is 0 Å². The smallest absolute Gasteiger partial charge is 0.305 e. The molecule has 1 amide bonds. The summed E-state index contributed by atoms with van der Waals surface area (Å²) in [4.78, 5) is 23.3. The molecule has 1 fully saturated rings. The van der Waals surface area contributed by atoms with Crippen molar-refractivity contribution in [1.29, 1.82) is 0 Å². The molecule has 132 valence electrons. The number of amides is 1. The van der Waals surface area contributed by atoms with Crippen molar-refractivity contribution in [3.8, 4) is 0 Å². The third kappa shape index (κ3) is 5.62. The van der Waals surface area contributed by atoms with Crippen molar-refractivity contribution >= 4 is 11.9 Å². The van der Waals surface area contributed by atoms with E-state index in [1.165, 1.54) is 0 Å². The molecular formula is C18H25NO5. The average molecular weight is 335 g/mol. The highest BCUT2D eigenvalue weighted by atomic mass is 16.5. The van der Waals surface area contributed by atoms with Gasteiger partial charge in [0.05, 0.1) is 18.6 Å². The largest absolute Gasteiger partial charge is 0.481 e. The number of aliphatic carboxylic acids is 1. The van der Waals surface area contributed by atoms with Gasteiger partial charge in [0, 0.05) is 13.2 Å². The van der Waals surface area contributed by atoms with E-state index in [-0.39, 0.29) is 25.0 Å². The Labute approximate surface area is 142 Å². The van der Waals surface area contributed by atoms with Crippen molar-refractivity contribution in [3.63, 3.8) is 0 Å². The Morgan fingerprint density at radius 3 is 2.62 bits per heavy atom. The van der Waals surface area contributed by atoms with Gasteiger partial charge in [-0.05, 0) is 43.4 Å². The maximum atomic E-state index is 12.1. The number of benzene rings is 1. The van der Waals surface area contributed by atoms with Gasteiger partial charge in [-0.2, -0.15) is 0 Å². The van der Waals surface area contributed by atoms with E-state index >= 15 is 0 Å². The van der Waals surface area contributed by atoms with Crippen LogP contribution in [0.25, 0.3) is 0 Å². The highest BCUT2D eigenvalue weighted by molar-refractivity contribution is 5.78. The number of hydrogen-bond donors (Lipinski definition) is 2. The number of carboxylic acid groups (broad SMARTS) is 1. The molecule has 1 unspecified atom stereocenters. The average Bonchev–Trinajstić information content (AvgIpc) is 2.55. The number of carbonyl (C=O) groups is 2. The van der Waals surface area contributed by atoms with Gasteiger partial charge in [-0.15, -0.1) is 0 Å². The van der Waals surface area contributed by atoms with Gasteiger partial charge in [-0.25, -0.2) is 0 Å². The molecule has 1 heterocycles. The lowest BCUT2D eigenvalue weighted by Gasteiger charge is -2.23. The van der Waals surface area contributed by atoms with Gasteiger partial charge in [0.25, 0.3) is 0 Å².